The lowest BCUT2D eigenvalue weighted by molar-refractivity contribution is -0.0391. The van der Waals surface area contributed by atoms with E-state index in [9.17, 15) is 14.7 Å². The van der Waals surface area contributed by atoms with Crippen molar-refractivity contribution in [2.75, 3.05) is 33.7 Å². The van der Waals surface area contributed by atoms with Gasteiger partial charge in [0.15, 0.2) is 5.78 Å². The van der Waals surface area contributed by atoms with Crippen molar-refractivity contribution in [1.82, 2.24) is 14.8 Å². The van der Waals surface area contributed by atoms with E-state index in [-0.39, 0.29) is 11.7 Å². The number of Topliss-reactive ketones (excluding diaryl/α,β-unsaturated/α-hetero) is 1. The van der Waals surface area contributed by atoms with Gasteiger partial charge in [0.1, 0.15) is 0 Å². The first-order chi connectivity index (χ1) is 11.3. The summed E-state index contributed by atoms with van der Waals surface area (Å²) in [5, 5.41) is 10.8. The summed E-state index contributed by atoms with van der Waals surface area (Å²) in [6.45, 7) is 3.33. The summed E-state index contributed by atoms with van der Waals surface area (Å²) in [7, 11) is 3.84. The SMILES string of the molecule is Cc1[nH]c2c(c1C(=O)N1CCC[C@](O)(CN(C)C)C1)C(=O)CCC2. The summed E-state index contributed by atoms with van der Waals surface area (Å²) in [6.07, 6.45) is 3.63. The number of nitrogens with one attached hydrogen (secondary N) is 1. The van der Waals surface area contributed by atoms with Gasteiger partial charge < -0.3 is 19.9 Å². The van der Waals surface area contributed by atoms with E-state index < -0.39 is 5.60 Å². The van der Waals surface area contributed by atoms with Gasteiger partial charge in [0.05, 0.1) is 23.3 Å². The zero-order valence-corrected chi connectivity index (χ0v) is 14.8. The zero-order valence-electron chi connectivity index (χ0n) is 14.8. The molecule has 1 aliphatic carbocycles. The lowest BCUT2D eigenvalue weighted by Gasteiger charge is -2.40. The largest absolute Gasteiger partial charge is 0.387 e. The van der Waals surface area contributed by atoms with Crippen LogP contribution < -0.4 is 0 Å². The van der Waals surface area contributed by atoms with E-state index in [1.54, 1.807) is 4.90 Å². The minimum absolute atomic E-state index is 0.0597. The number of ketones is 1. The number of amides is 1. The van der Waals surface area contributed by atoms with E-state index in [4.69, 9.17) is 0 Å². The van der Waals surface area contributed by atoms with Crippen molar-refractivity contribution in [1.29, 1.82) is 0 Å². The van der Waals surface area contributed by atoms with Crippen LogP contribution in [-0.4, -0.2) is 70.9 Å². The van der Waals surface area contributed by atoms with Crippen molar-refractivity contribution >= 4 is 11.7 Å². The van der Waals surface area contributed by atoms with Crippen LogP contribution in [0.1, 0.15) is 57.8 Å². The van der Waals surface area contributed by atoms with Crippen molar-refractivity contribution < 1.29 is 14.7 Å². The number of aromatic nitrogens is 1. The molecule has 1 aromatic heterocycles. The van der Waals surface area contributed by atoms with Crippen LogP contribution >= 0.6 is 0 Å². The van der Waals surface area contributed by atoms with Gasteiger partial charge in [0.2, 0.25) is 0 Å². The van der Waals surface area contributed by atoms with E-state index >= 15 is 0 Å². The van der Waals surface area contributed by atoms with E-state index in [2.05, 4.69) is 4.98 Å². The van der Waals surface area contributed by atoms with E-state index in [1.807, 2.05) is 25.9 Å². The van der Waals surface area contributed by atoms with Gasteiger partial charge in [-0.3, -0.25) is 9.59 Å². The number of β-amino-alcohol motifs (C(OH)–C–C–N with tert-alkyl or cyclic N) is 1. The highest BCUT2D eigenvalue weighted by molar-refractivity contribution is 6.10. The third-order valence-corrected chi connectivity index (χ3v) is 5.04. The molecule has 1 aromatic rings. The maximum absolute atomic E-state index is 13.1. The average molecular weight is 333 g/mol. The average Bonchev–Trinajstić information content (AvgIpc) is 2.82. The number of hydrogen-bond donors (Lipinski definition) is 2. The Kier molecular flexibility index (Phi) is 4.53. The molecule has 24 heavy (non-hydrogen) atoms. The Balaban J connectivity index is 1.87. The zero-order chi connectivity index (χ0) is 17.5. The summed E-state index contributed by atoms with van der Waals surface area (Å²) in [5.74, 6) is -0.0679. The quantitative estimate of drug-likeness (QED) is 0.876. The van der Waals surface area contributed by atoms with Gasteiger partial charge >= 0.3 is 0 Å². The Bertz CT molecular complexity index is 665. The number of carbonyl (C=O) groups is 2. The van der Waals surface area contributed by atoms with Gasteiger partial charge in [-0.05, 0) is 46.7 Å². The van der Waals surface area contributed by atoms with E-state index in [0.717, 1.165) is 30.7 Å². The van der Waals surface area contributed by atoms with Crippen LogP contribution in [0.2, 0.25) is 0 Å². The van der Waals surface area contributed by atoms with Gasteiger partial charge in [-0.15, -0.1) is 0 Å². The summed E-state index contributed by atoms with van der Waals surface area (Å²) in [6, 6.07) is 0. The number of H-pyrrole nitrogens is 1. The standard InChI is InChI=1S/C18H27N3O3/c1-12-15(16-13(19-12)6-4-7-14(16)22)17(23)21-9-5-8-18(24,11-21)10-20(2)3/h19,24H,4-11H2,1-3H3/t18-/m0/s1. The normalized spacial score (nSPS) is 24.4. The molecule has 0 radical (unpaired) electrons. The predicted molar refractivity (Wildman–Crippen MR) is 91.4 cm³/mol. The summed E-state index contributed by atoms with van der Waals surface area (Å²) in [5.41, 5.74) is 1.88. The molecule has 6 heteroatoms. The molecule has 1 amide bonds. The minimum atomic E-state index is -0.883. The number of aryl methyl sites for hydroxylation is 2. The van der Waals surface area contributed by atoms with Crippen molar-refractivity contribution in [3.63, 3.8) is 0 Å². The van der Waals surface area contributed by atoms with Crippen molar-refractivity contribution in [2.24, 2.45) is 0 Å². The number of carbonyl (C=O) groups excluding carboxylic acids is 2. The highest BCUT2D eigenvalue weighted by Gasteiger charge is 2.38. The van der Waals surface area contributed by atoms with Crippen LogP contribution in [0.4, 0.5) is 0 Å². The summed E-state index contributed by atoms with van der Waals surface area (Å²) < 4.78 is 0. The Morgan fingerprint density at radius 2 is 2.08 bits per heavy atom. The van der Waals surface area contributed by atoms with E-state index in [0.29, 0.717) is 43.6 Å². The fourth-order valence-corrected chi connectivity index (χ4v) is 4.16. The smallest absolute Gasteiger partial charge is 0.256 e. The number of nitrogens with zero attached hydrogens (tertiary/aromatic N) is 2. The first-order valence-corrected chi connectivity index (χ1v) is 8.72. The molecule has 2 N–H and O–H groups in total. The van der Waals surface area contributed by atoms with Gasteiger partial charge in [0, 0.05) is 30.9 Å². The highest BCUT2D eigenvalue weighted by atomic mass is 16.3. The molecule has 2 aliphatic rings. The van der Waals surface area contributed by atoms with Crippen molar-refractivity contribution in [2.45, 2.75) is 44.6 Å². The molecule has 2 heterocycles. The molecule has 1 aliphatic heterocycles. The summed E-state index contributed by atoms with van der Waals surface area (Å²) >= 11 is 0. The molecule has 0 bridgehead atoms. The molecular weight excluding hydrogens is 306 g/mol. The third-order valence-electron chi connectivity index (χ3n) is 5.04. The highest BCUT2D eigenvalue weighted by Crippen LogP contribution is 2.30. The van der Waals surface area contributed by atoms with Crippen molar-refractivity contribution in [3.8, 4) is 0 Å². The lowest BCUT2D eigenvalue weighted by atomic mass is 9.90. The number of aromatic amines is 1. The number of piperidine rings is 1. The molecule has 3 rings (SSSR count). The third kappa shape index (κ3) is 3.13. The first-order valence-electron chi connectivity index (χ1n) is 8.72. The topological polar surface area (TPSA) is 76.6 Å². The maximum atomic E-state index is 13.1. The number of likely N-dealkylation sites (tertiary alicyclic amines) is 1. The van der Waals surface area contributed by atoms with Gasteiger partial charge in [-0.1, -0.05) is 0 Å². The number of hydrogen-bond acceptors (Lipinski definition) is 4. The molecule has 1 fully saturated rings. The number of fused-ring (bicyclic) bond motifs is 1. The molecule has 0 saturated carbocycles. The fourth-order valence-electron chi connectivity index (χ4n) is 4.16. The molecule has 6 nitrogen and oxygen atoms in total. The first kappa shape index (κ1) is 17.2. The van der Waals surface area contributed by atoms with Gasteiger partial charge in [-0.2, -0.15) is 0 Å². The van der Waals surface area contributed by atoms with Crippen molar-refractivity contribution in [3.05, 3.63) is 22.5 Å². The van der Waals surface area contributed by atoms with E-state index in [1.165, 1.54) is 0 Å². The molecular formula is C18H27N3O3. The Hall–Kier alpha value is -1.66. The monoisotopic (exact) mass is 333 g/mol. The van der Waals surface area contributed by atoms with Crippen LogP contribution in [0.15, 0.2) is 0 Å². The number of likely N-dealkylation sites (N-methyl/N-ethyl adjacent to an activating group) is 1. The second-order valence-corrected chi connectivity index (χ2v) is 7.55. The predicted octanol–water partition coefficient (Wildman–Crippen LogP) is 1.37. The molecule has 0 aromatic carbocycles. The van der Waals surface area contributed by atoms with Crippen LogP contribution in [-0.2, 0) is 6.42 Å². The number of rotatable bonds is 3. The van der Waals surface area contributed by atoms with Crippen LogP contribution in [0.5, 0.6) is 0 Å². The number of aliphatic hydroxyl groups is 1. The van der Waals surface area contributed by atoms with Crippen LogP contribution in [0, 0.1) is 6.92 Å². The van der Waals surface area contributed by atoms with Crippen LogP contribution in [0.3, 0.4) is 0 Å². The maximum Gasteiger partial charge on any atom is 0.256 e. The summed E-state index contributed by atoms with van der Waals surface area (Å²) in [4.78, 5) is 32.3. The Labute approximate surface area is 142 Å². The molecule has 1 saturated heterocycles. The molecule has 0 spiro atoms. The molecule has 0 unspecified atom stereocenters. The minimum Gasteiger partial charge on any atom is -0.387 e. The lowest BCUT2D eigenvalue weighted by Crippen LogP contribution is -2.54. The second-order valence-electron chi connectivity index (χ2n) is 7.55. The van der Waals surface area contributed by atoms with Crippen LogP contribution in [0.25, 0.3) is 0 Å². The Morgan fingerprint density at radius 3 is 2.79 bits per heavy atom. The Morgan fingerprint density at radius 1 is 1.33 bits per heavy atom. The molecule has 132 valence electrons. The second kappa shape index (κ2) is 6.33. The van der Waals surface area contributed by atoms with Gasteiger partial charge in [-0.25, -0.2) is 0 Å². The van der Waals surface area contributed by atoms with Gasteiger partial charge in [0.25, 0.3) is 5.91 Å². The molecule has 1 atom stereocenters. The fraction of sp³-hybridized carbons (Fsp3) is 0.667.